The van der Waals surface area contributed by atoms with Crippen molar-refractivity contribution in [2.75, 3.05) is 21.1 Å². The predicted molar refractivity (Wildman–Crippen MR) is 48.8 cm³/mol. The minimum Gasteiger partial charge on any atom is -0.483 e. The molecule has 5 heteroatoms. The Bertz CT molecular complexity index is 74.3. The van der Waals surface area contributed by atoms with Gasteiger partial charge in [-0.05, 0) is 27.6 Å². The zero-order valence-corrected chi connectivity index (χ0v) is 8.19. The van der Waals surface area contributed by atoms with E-state index in [-0.39, 0.29) is 6.47 Å². The Morgan fingerprint density at radius 3 is 1.58 bits per heavy atom. The molecule has 0 aliphatic rings. The van der Waals surface area contributed by atoms with Crippen LogP contribution in [0.25, 0.3) is 0 Å². The number of nitrogens with zero attached hydrogens (tertiary/aromatic N) is 1. The molecule has 1 unspecified atom stereocenters. The van der Waals surface area contributed by atoms with E-state index in [9.17, 15) is 0 Å². The van der Waals surface area contributed by atoms with Gasteiger partial charge in [-0.2, -0.15) is 0 Å². The lowest BCUT2D eigenvalue weighted by Crippen LogP contribution is -2.16. The third-order valence-corrected chi connectivity index (χ3v) is 0.418. The van der Waals surface area contributed by atoms with E-state index in [4.69, 9.17) is 20.7 Å². The molecule has 0 aromatic rings. The molecule has 4 N–H and O–H groups in total. The van der Waals surface area contributed by atoms with E-state index in [1.807, 2.05) is 33.0 Å². The van der Waals surface area contributed by atoms with Crippen molar-refractivity contribution >= 4 is 6.47 Å². The highest BCUT2D eigenvalue weighted by molar-refractivity contribution is 5.32. The second kappa shape index (κ2) is 16.7. The molecule has 0 aromatic carbocycles. The average molecular weight is 180 g/mol. The van der Waals surface area contributed by atoms with E-state index in [0.29, 0.717) is 6.42 Å². The quantitative estimate of drug-likeness (QED) is 0.376. The van der Waals surface area contributed by atoms with Gasteiger partial charge < -0.3 is 20.8 Å². The van der Waals surface area contributed by atoms with Gasteiger partial charge in [0.15, 0.2) is 0 Å². The van der Waals surface area contributed by atoms with Crippen LogP contribution in [0, 0.1) is 0 Å². The fourth-order valence-electron chi connectivity index (χ4n) is 0. The minimum atomic E-state index is -0.616. The Morgan fingerprint density at radius 2 is 1.58 bits per heavy atom. The smallest absolute Gasteiger partial charge is 0.290 e. The van der Waals surface area contributed by atoms with Crippen LogP contribution in [0.3, 0.4) is 0 Å². The summed E-state index contributed by atoms with van der Waals surface area (Å²) in [5.74, 6) is 0. The number of hydrogen-bond donors (Lipinski definition) is 3. The van der Waals surface area contributed by atoms with Crippen LogP contribution in [0.1, 0.15) is 13.3 Å². The van der Waals surface area contributed by atoms with Crippen LogP contribution in [0.4, 0.5) is 0 Å². The Morgan fingerprint density at radius 1 is 1.50 bits per heavy atom. The summed E-state index contributed by atoms with van der Waals surface area (Å²) in [6.45, 7) is 1.57. The molecule has 12 heavy (non-hydrogen) atoms. The molecule has 1 atom stereocenters. The van der Waals surface area contributed by atoms with Crippen LogP contribution in [0.5, 0.6) is 0 Å². The van der Waals surface area contributed by atoms with Gasteiger partial charge in [0.1, 0.15) is 6.23 Å². The van der Waals surface area contributed by atoms with Gasteiger partial charge in [-0.25, -0.2) is 0 Å². The molecule has 5 nitrogen and oxygen atoms in total. The molecule has 0 amide bonds. The third kappa shape index (κ3) is 358. The first-order chi connectivity index (χ1) is 5.42. The molecule has 0 aromatic heterocycles. The van der Waals surface area contributed by atoms with E-state index in [2.05, 4.69) is 0 Å². The van der Waals surface area contributed by atoms with Crippen LogP contribution in [-0.2, 0) is 4.79 Å². The molecule has 0 bridgehead atoms. The maximum Gasteiger partial charge on any atom is 0.290 e. The SMILES string of the molecule is CCC(N)O.CN(C)C.O=CO. The van der Waals surface area contributed by atoms with Crippen molar-refractivity contribution in [3.63, 3.8) is 0 Å². The van der Waals surface area contributed by atoms with E-state index in [1.54, 1.807) is 0 Å². The molecule has 0 fully saturated rings. The zero-order valence-electron chi connectivity index (χ0n) is 8.19. The molecule has 0 radical (unpaired) electrons. The lowest BCUT2D eigenvalue weighted by Gasteiger charge is -1.91. The number of nitrogens with two attached hydrogens (primary N) is 1. The van der Waals surface area contributed by atoms with Gasteiger partial charge in [-0.15, -0.1) is 0 Å². The first-order valence-electron chi connectivity index (χ1n) is 3.54. The Kier molecular flexibility index (Phi) is 24.3. The highest BCUT2D eigenvalue weighted by Crippen LogP contribution is 1.72. The van der Waals surface area contributed by atoms with E-state index in [1.165, 1.54) is 0 Å². The van der Waals surface area contributed by atoms with E-state index < -0.39 is 6.23 Å². The molecule has 0 aliphatic carbocycles. The van der Waals surface area contributed by atoms with Gasteiger partial charge in [0.05, 0.1) is 0 Å². The molecule has 0 saturated heterocycles. The molecular weight excluding hydrogens is 160 g/mol. The van der Waals surface area contributed by atoms with E-state index in [0.717, 1.165) is 0 Å². The van der Waals surface area contributed by atoms with Gasteiger partial charge >= 0.3 is 0 Å². The summed E-state index contributed by atoms with van der Waals surface area (Å²) in [4.78, 5) is 10.4. The van der Waals surface area contributed by atoms with Gasteiger partial charge in [0, 0.05) is 0 Å². The monoisotopic (exact) mass is 180 g/mol. The number of carbonyl (C=O) groups is 1. The highest BCUT2D eigenvalue weighted by atomic mass is 16.3. The Hall–Kier alpha value is -0.650. The molecule has 0 spiro atoms. The van der Waals surface area contributed by atoms with Crippen molar-refractivity contribution in [3.8, 4) is 0 Å². The third-order valence-electron chi connectivity index (χ3n) is 0.418. The number of aliphatic hydroxyl groups excluding tert-OH is 1. The molecular formula is C7H20N2O3. The highest BCUT2D eigenvalue weighted by Gasteiger charge is 1.81. The van der Waals surface area contributed by atoms with Crippen molar-refractivity contribution in [2.45, 2.75) is 19.6 Å². The molecule has 0 rings (SSSR count). The second-order valence-electron chi connectivity index (χ2n) is 2.42. The Labute approximate surface area is 73.8 Å². The molecule has 0 saturated carbocycles. The zero-order chi connectivity index (χ0) is 10.6. The number of rotatable bonds is 1. The maximum atomic E-state index is 8.36. The van der Waals surface area contributed by atoms with Crippen molar-refractivity contribution in [1.29, 1.82) is 0 Å². The van der Waals surface area contributed by atoms with Crippen LogP contribution < -0.4 is 5.73 Å². The summed E-state index contributed by atoms with van der Waals surface area (Å²) in [6, 6.07) is 0. The minimum absolute atomic E-state index is 0.250. The molecule has 76 valence electrons. The lowest BCUT2D eigenvalue weighted by molar-refractivity contribution is -0.122. The standard InChI is InChI=1S/C3H9NO.C3H9N.CH2O2/c1-2-3(4)5;1-4(2)3;2-1-3/h3,5H,2,4H2,1H3;1-3H3;1H,(H,2,3). The van der Waals surface area contributed by atoms with Crippen molar-refractivity contribution in [2.24, 2.45) is 5.73 Å². The Balaban J connectivity index is -0.000000105. The summed E-state index contributed by atoms with van der Waals surface area (Å²) in [6.07, 6.45) is 0.0231. The van der Waals surface area contributed by atoms with Gasteiger partial charge in [-0.3, -0.25) is 4.79 Å². The summed E-state index contributed by atoms with van der Waals surface area (Å²) in [7, 11) is 6.00. The fraction of sp³-hybridized carbons (Fsp3) is 0.857. The topological polar surface area (TPSA) is 86.8 Å². The van der Waals surface area contributed by atoms with Crippen molar-refractivity contribution < 1.29 is 15.0 Å². The van der Waals surface area contributed by atoms with Gasteiger partial charge in [-0.1, -0.05) is 6.92 Å². The summed E-state index contributed by atoms with van der Waals surface area (Å²) >= 11 is 0. The first-order valence-corrected chi connectivity index (χ1v) is 3.54. The largest absolute Gasteiger partial charge is 0.483 e. The summed E-state index contributed by atoms with van der Waals surface area (Å²) < 4.78 is 0. The fourth-order valence-corrected chi connectivity index (χ4v) is 0. The first kappa shape index (κ1) is 17.4. The average Bonchev–Trinajstić information content (AvgIpc) is 1.88. The number of aliphatic hydroxyl groups is 1. The summed E-state index contributed by atoms with van der Waals surface area (Å²) in [5, 5.41) is 15.0. The normalized spacial score (nSPS) is 10.2. The molecule has 0 heterocycles. The van der Waals surface area contributed by atoms with Crippen LogP contribution in [0.2, 0.25) is 0 Å². The van der Waals surface area contributed by atoms with Crippen LogP contribution in [-0.4, -0.2) is 49.0 Å². The van der Waals surface area contributed by atoms with E-state index >= 15 is 0 Å². The maximum absolute atomic E-state index is 8.36. The van der Waals surface area contributed by atoms with Gasteiger partial charge in [0.2, 0.25) is 0 Å². The lowest BCUT2D eigenvalue weighted by atomic mass is 10.5. The van der Waals surface area contributed by atoms with Crippen LogP contribution in [0.15, 0.2) is 0 Å². The van der Waals surface area contributed by atoms with Crippen molar-refractivity contribution in [3.05, 3.63) is 0 Å². The molecule has 0 aliphatic heterocycles. The number of carboxylic acid groups (broad SMARTS) is 1. The second-order valence-corrected chi connectivity index (χ2v) is 2.42. The summed E-state index contributed by atoms with van der Waals surface area (Å²) in [5.41, 5.74) is 4.85. The predicted octanol–water partition coefficient (Wildman–Crippen LogP) is -0.448. The van der Waals surface area contributed by atoms with Crippen LogP contribution >= 0.6 is 0 Å². The van der Waals surface area contributed by atoms with Crippen molar-refractivity contribution in [1.82, 2.24) is 4.90 Å². The van der Waals surface area contributed by atoms with Gasteiger partial charge in [0.25, 0.3) is 6.47 Å². The number of hydrogen-bond acceptors (Lipinski definition) is 4.